The minimum Gasteiger partial charge on any atom is -0.338 e. The predicted molar refractivity (Wildman–Crippen MR) is 47.5 cm³/mol. The molecule has 0 aromatic carbocycles. The first kappa shape index (κ1) is 10.8. The van der Waals surface area contributed by atoms with Gasteiger partial charge in [0.15, 0.2) is 0 Å². The standard InChI is InChI=1S/C8H16ClNO/c1-5-6(2)7(11)10-8(3,4)9/h6H,5H2,1-4H3,(H,10,11). The highest BCUT2D eigenvalue weighted by Gasteiger charge is 2.19. The molecule has 0 aliphatic rings. The molecule has 0 spiro atoms. The molecule has 0 rings (SSSR count). The van der Waals surface area contributed by atoms with Crippen molar-refractivity contribution in [3.05, 3.63) is 0 Å². The summed E-state index contributed by atoms with van der Waals surface area (Å²) in [6.07, 6.45) is 0.846. The Hall–Kier alpha value is -0.240. The zero-order valence-corrected chi connectivity index (χ0v) is 8.33. The summed E-state index contributed by atoms with van der Waals surface area (Å²) >= 11 is 5.80. The second-order valence-electron chi connectivity index (χ2n) is 3.27. The van der Waals surface area contributed by atoms with E-state index in [-0.39, 0.29) is 11.8 Å². The molecule has 0 radical (unpaired) electrons. The van der Waals surface area contributed by atoms with Gasteiger partial charge < -0.3 is 5.32 Å². The van der Waals surface area contributed by atoms with Gasteiger partial charge in [0.1, 0.15) is 5.00 Å². The van der Waals surface area contributed by atoms with E-state index in [1.807, 2.05) is 13.8 Å². The van der Waals surface area contributed by atoms with Crippen LogP contribution in [0, 0.1) is 5.92 Å². The van der Waals surface area contributed by atoms with Crippen molar-refractivity contribution in [1.29, 1.82) is 0 Å². The maximum absolute atomic E-state index is 11.2. The zero-order chi connectivity index (χ0) is 9.07. The molecule has 1 amide bonds. The van der Waals surface area contributed by atoms with Crippen molar-refractivity contribution in [2.75, 3.05) is 0 Å². The number of rotatable bonds is 3. The highest BCUT2D eigenvalue weighted by atomic mass is 35.5. The summed E-state index contributed by atoms with van der Waals surface area (Å²) in [7, 11) is 0. The van der Waals surface area contributed by atoms with Crippen molar-refractivity contribution in [2.24, 2.45) is 5.92 Å². The Morgan fingerprint density at radius 1 is 1.64 bits per heavy atom. The maximum Gasteiger partial charge on any atom is 0.224 e. The van der Waals surface area contributed by atoms with Gasteiger partial charge in [-0.1, -0.05) is 25.4 Å². The SMILES string of the molecule is CCC(C)C(=O)NC(C)(C)Cl. The van der Waals surface area contributed by atoms with E-state index in [0.717, 1.165) is 6.42 Å². The van der Waals surface area contributed by atoms with Gasteiger partial charge in [-0.05, 0) is 20.3 Å². The molecular formula is C8H16ClNO. The van der Waals surface area contributed by atoms with Crippen LogP contribution in [-0.2, 0) is 4.79 Å². The van der Waals surface area contributed by atoms with Crippen molar-refractivity contribution >= 4 is 17.5 Å². The Balaban J connectivity index is 3.88. The van der Waals surface area contributed by atoms with E-state index in [2.05, 4.69) is 5.32 Å². The third-order valence-electron chi connectivity index (χ3n) is 1.48. The fourth-order valence-corrected chi connectivity index (χ4v) is 0.695. The summed E-state index contributed by atoms with van der Waals surface area (Å²) in [5.74, 6) is 0.0699. The Labute approximate surface area is 73.3 Å². The van der Waals surface area contributed by atoms with Crippen LogP contribution in [0.3, 0.4) is 0 Å². The first-order valence-electron chi connectivity index (χ1n) is 3.87. The molecule has 2 nitrogen and oxygen atoms in total. The molecule has 1 N–H and O–H groups in total. The molecule has 1 atom stereocenters. The summed E-state index contributed by atoms with van der Waals surface area (Å²) in [6, 6.07) is 0. The first-order valence-corrected chi connectivity index (χ1v) is 4.25. The Morgan fingerprint density at radius 2 is 2.09 bits per heavy atom. The fourth-order valence-electron chi connectivity index (χ4n) is 0.602. The number of amides is 1. The average molecular weight is 178 g/mol. The molecule has 0 fully saturated rings. The molecule has 3 heteroatoms. The van der Waals surface area contributed by atoms with Crippen molar-refractivity contribution in [3.63, 3.8) is 0 Å². The van der Waals surface area contributed by atoms with E-state index in [1.54, 1.807) is 13.8 Å². The quantitative estimate of drug-likeness (QED) is 0.520. The molecule has 0 saturated heterocycles. The van der Waals surface area contributed by atoms with Gasteiger partial charge in [-0.2, -0.15) is 0 Å². The number of hydrogen-bond donors (Lipinski definition) is 1. The molecule has 0 aromatic heterocycles. The normalized spacial score (nSPS) is 14.3. The molecule has 66 valence electrons. The number of nitrogens with one attached hydrogen (secondary N) is 1. The van der Waals surface area contributed by atoms with E-state index < -0.39 is 5.00 Å². The minimum atomic E-state index is -0.624. The average Bonchev–Trinajstić information content (AvgIpc) is 1.82. The fraction of sp³-hybridized carbons (Fsp3) is 0.875. The van der Waals surface area contributed by atoms with Gasteiger partial charge in [-0.3, -0.25) is 4.79 Å². The summed E-state index contributed by atoms with van der Waals surface area (Å²) < 4.78 is 0. The number of alkyl halides is 1. The monoisotopic (exact) mass is 177 g/mol. The second kappa shape index (κ2) is 3.96. The summed E-state index contributed by atoms with van der Waals surface area (Å²) in [5, 5.41) is 2.70. The van der Waals surface area contributed by atoms with Crippen molar-refractivity contribution in [2.45, 2.75) is 39.1 Å². The Bertz CT molecular complexity index is 140. The third-order valence-corrected chi connectivity index (χ3v) is 1.57. The highest BCUT2D eigenvalue weighted by molar-refractivity contribution is 6.24. The molecule has 11 heavy (non-hydrogen) atoms. The van der Waals surface area contributed by atoms with Crippen LogP contribution in [0.25, 0.3) is 0 Å². The number of halogens is 1. The third kappa shape index (κ3) is 5.08. The van der Waals surface area contributed by atoms with Gasteiger partial charge in [-0.25, -0.2) is 0 Å². The topological polar surface area (TPSA) is 29.1 Å². The molecular weight excluding hydrogens is 162 g/mol. The van der Waals surface area contributed by atoms with Crippen LogP contribution in [0.2, 0.25) is 0 Å². The van der Waals surface area contributed by atoms with E-state index in [4.69, 9.17) is 11.6 Å². The lowest BCUT2D eigenvalue weighted by molar-refractivity contribution is -0.125. The van der Waals surface area contributed by atoms with Gasteiger partial charge in [0.25, 0.3) is 0 Å². The molecule has 0 saturated carbocycles. The van der Waals surface area contributed by atoms with Gasteiger partial charge >= 0.3 is 0 Å². The van der Waals surface area contributed by atoms with Crippen LogP contribution in [0.1, 0.15) is 34.1 Å². The van der Waals surface area contributed by atoms with Crippen molar-refractivity contribution in [3.8, 4) is 0 Å². The van der Waals surface area contributed by atoms with Gasteiger partial charge in [0, 0.05) is 5.92 Å². The van der Waals surface area contributed by atoms with Crippen LogP contribution < -0.4 is 5.32 Å². The van der Waals surface area contributed by atoms with Crippen molar-refractivity contribution < 1.29 is 4.79 Å². The van der Waals surface area contributed by atoms with Crippen LogP contribution in [0.5, 0.6) is 0 Å². The first-order chi connectivity index (χ1) is 4.87. The lowest BCUT2D eigenvalue weighted by Crippen LogP contribution is -2.41. The predicted octanol–water partition coefficient (Wildman–Crippen LogP) is 2.12. The largest absolute Gasteiger partial charge is 0.338 e. The minimum absolute atomic E-state index is 0.0208. The summed E-state index contributed by atoms with van der Waals surface area (Å²) in [4.78, 5) is 10.6. The molecule has 0 aliphatic heterocycles. The number of carbonyl (C=O) groups is 1. The molecule has 0 aliphatic carbocycles. The second-order valence-corrected chi connectivity index (χ2v) is 4.22. The maximum atomic E-state index is 11.2. The number of carbonyl (C=O) groups excluding carboxylic acids is 1. The van der Waals surface area contributed by atoms with Crippen LogP contribution in [0.15, 0.2) is 0 Å². The summed E-state index contributed by atoms with van der Waals surface area (Å²) in [5.41, 5.74) is 0. The van der Waals surface area contributed by atoms with Crippen molar-refractivity contribution in [1.82, 2.24) is 5.32 Å². The van der Waals surface area contributed by atoms with E-state index >= 15 is 0 Å². The van der Waals surface area contributed by atoms with Gasteiger partial charge in [-0.15, -0.1) is 0 Å². The van der Waals surface area contributed by atoms with E-state index in [9.17, 15) is 4.79 Å². The highest BCUT2D eigenvalue weighted by Crippen LogP contribution is 2.10. The van der Waals surface area contributed by atoms with Crippen LogP contribution in [0.4, 0.5) is 0 Å². The smallest absolute Gasteiger partial charge is 0.224 e. The van der Waals surface area contributed by atoms with Gasteiger partial charge in [0.2, 0.25) is 5.91 Å². The van der Waals surface area contributed by atoms with Crippen LogP contribution >= 0.6 is 11.6 Å². The molecule has 1 unspecified atom stereocenters. The van der Waals surface area contributed by atoms with Gasteiger partial charge in [0.05, 0.1) is 0 Å². The Kier molecular flexibility index (Phi) is 3.87. The summed E-state index contributed by atoms with van der Waals surface area (Å²) in [6.45, 7) is 7.38. The van der Waals surface area contributed by atoms with E-state index in [0.29, 0.717) is 0 Å². The molecule has 0 aromatic rings. The van der Waals surface area contributed by atoms with Crippen LogP contribution in [-0.4, -0.2) is 10.9 Å². The number of hydrogen-bond acceptors (Lipinski definition) is 1. The Morgan fingerprint density at radius 3 is 2.36 bits per heavy atom. The molecule has 0 bridgehead atoms. The molecule has 0 heterocycles. The lowest BCUT2D eigenvalue weighted by Gasteiger charge is -2.20. The van der Waals surface area contributed by atoms with E-state index in [1.165, 1.54) is 0 Å². The zero-order valence-electron chi connectivity index (χ0n) is 7.57. The lowest BCUT2D eigenvalue weighted by atomic mass is 10.1.